The van der Waals surface area contributed by atoms with Crippen molar-refractivity contribution in [3.63, 3.8) is 0 Å². The molecule has 0 unspecified atom stereocenters. The van der Waals surface area contributed by atoms with Gasteiger partial charge in [0.2, 0.25) is 5.91 Å². The van der Waals surface area contributed by atoms with E-state index in [2.05, 4.69) is 5.32 Å². The predicted molar refractivity (Wildman–Crippen MR) is 132 cm³/mol. The van der Waals surface area contributed by atoms with Crippen LogP contribution in [0.15, 0.2) is 66.7 Å². The standard InChI is InChI=1S/C27H27Cl2NO2/c1-19-16-22(11-13-25(19)32-18-20-8-4-2-5-9-20)30-26(31)27(14-6-3-7-15-27)23-12-10-21(28)17-24(23)29/h2,4-5,8-13,16-17H,3,6-7,14-15,18H2,1H3,(H,30,31). The van der Waals surface area contributed by atoms with E-state index in [1.54, 1.807) is 6.07 Å². The number of rotatable bonds is 6. The fourth-order valence-electron chi connectivity index (χ4n) is 4.53. The molecule has 5 heteroatoms. The van der Waals surface area contributed by atoms with E-state index in [0.29, 0.717) is 16.7 Å². The minimum absolute atomic E-state index is 0.0150. The number of halogens is 2. The minimum atomic E-state index is -0.643. The summed E-state index contributed by atoms with van der Waals surface area (Å²) in [4.78, 5) is 13.6. The number of carbonyl (C=O) groups excluding carboxylic acids is 1. The highest BCUT2D eigenvalue weighted by molar-refractivity contribution is 6.35. The summed E-state index contributed by atoms with van der Waals surface area (Å²) in [7, 11) is 0. The third-order valence-corrected chi connectivity index (χ3v) is 6.81. The third kappa shape index (κ3) is 4.95. The number of anilines is 1. The first-order valence-electron chi connectivity index (χ1n) is 11.0. The monoisotopic (exact) mass is 467 g/mol. The number of benzene rings is 3. The summed E-state index contributed by atoms with van der Waals surface area (Å²) in [6, 6.07) is 21.3. The van der Waals surface area contributed by atoms with Crippen LogP contribution < -0.4 is 10.1 Å². The van der Waals surface area contributed by atoms with Gasteiger partial charge in [-0.25, -0.2) is 0 Å². The summed E-state index contributed by atoms with van der Waals surface area (Å²) >= 11 is 12.7. The van der Waals surface area contributed by atoms with Crippen LogP contribution in [0, 0.1) is 6.92 Å². The fourth-order valence-corrected chi connectivity index (χ4v) is 5.12. The first kappa shape index (κ1) is 22.7. The molecule has 0 spiro atoms. The molecule has 0 bridgehead atoms. The Balaban J connectivity index is 1.52. The van der Waals surface area contributed by atoms with E-state index in [1.165, 1.54) is 0 Å². The largest absolute Gasteiger partial charge is 0.489 e. The molecule has 0 radical (unpaired) electrons. The lowest BCUT2D eigenvalue weighted by molar-refractivity contribution is -0.122. The molecule has 3 aromatic carbocycles. The molecule has 0 atom stereocenters. The van der Waals surface area contributed by atoms with Crippen molar-refractivity contribution in [2.45, 2.75) is 51.0 Å². The number of ether oxygens (including phenoxy) is 1. The number of amides is 1. The molecule has 4 rings (SSSR count). The van der Waals surface area contributed by atoms with Crippen molar-refractivity contribution in [3.05, 3.63) is 93.5 Å². The van der Waals surface area contributed by atoms with Crippen molar-refractivity contribution in [2.75, 3.05) is 5.32 Å². The highest BCUT2D eigenvalue weighted by Crippen LogP contribution is 2.44. The van der Waals surface area contributed by atoms with Crippen molar-refractivity contribution < 1.29 is 9.53 Å². The maximum absolute atomic E-state index is 13.6. The number of hydrogen-bond donors (Lipinski definition) is 1. The molecule has 166 valence electrons. The highest BCUT2D eigenvalue weighted by atomic mass is 35.5. The van der Waals surface area contributed by atoms with Crippen molar-refractivity contribution in [2.24, 2.45) is 0 Å². The van der Waals surface area contributed by atoms with E-state index in [-0.39, 0.29) is 5.91 Å². The Labute approximate surface area is 199 Å². The number of hydrogen-bond acceptors (Lipinski definition) is 2. The molecule has 0 aliphatic heterocycles. The molecule has 3 aromatic rings. The van der Waals surface area contributed by atoms with Crippen molar-refractivity contribution >= 4 is 34.8 Å². The Bertz CT molecular complexity index is 1090. The molecule has 1 amide bonds. The highest BCUT2D eigenvalue weighted by Gasteiger charge is 2.42. The van der Waals surface area contributed by atoms with Crippen molar-refractivity contribution in [1.29, 1.82) is 0 Å². The number of aryl methyl sites for hydroxylation is 1. The topological polar surface area (TPSA) is 38.3 Å². The SMILES string of the molecule is Cc1cc(NC(=O)C2(c3ccc(Cl)cc3Cl)CCCCC2)ccc1OCc1ccccc1. The Hall–Kier alpha value is -2.49. The average molecular weight is 468 g/mol. The molecule has 1 fully saturated rings. The molecular formula is C27H27Cl2NO2. The van der Waals surface area contributed by atoms with Crippen LogP contribution >= 0.6 is 23.2 Å². The second-order valence-corrected chi connectivity index (χ2v) is 9.32. The lowest BCUT2D eigenvalue weighted by Crippen LogP contribution is -2.42. The predicted octanol–water partition coefficient (Wildman–Crippen LogP) is 7.72. The Morgan fingerprint density at radius 2 is 1.72 bits per heavy atom. The summed E-state index contributed by atoms with van der Waals surface area (Å²) < 4.78 is 5.97. The van der Waals surface area contributed by atoms with E-state index < -0.39 is 5.41 Å². The van der Waals surface area contributed by atoms with Crippen LogP contribution in [-0.4, -0.2) is 5.91 Å². The van der Waals surface area contributed by atoms with Crippen molar-refractivity contribution in [1.82, 2.24) is 0 Å². The van der Waals surface area contributed by atoms with Crippen LogP contribution in [0.3, 0.4) is 0 Å². The lowest BCUT2D eigenvalue weighted by atomic mass is 9.68. The van der Waals surface area contributed by atoms with Gasteiger partial charge in [-0.3, -0.25) is 4.79 Å². The average Bonchev–Trinajstić information content (AvgIpc) is 2.79. The van der Waals surface area contributed by atoms with E-state index in [9.17, 15) is 4.79 Å². The molecule has 0 heterocycles. The van der Waals surface area contributed by atoms with Crippen LogP contribution in [0.4, 0.5) is 5.69 Å². The van der Waals surface area contributed by atoms with Gasteiger partial charge < -0.3 is 10.1 Å². The molecule has 0 saturated heterocycles. The maximum Gasteiger partial charge on any atom is 0.235 e. The second kappa shape index (κ2) is 9.97. The maximum atomic E-state index is 13.6. The summed E-state index contributed by atoms with van der Waals surface area (Å²) in [5, 5.41) is 4.28. The second-order valence-electron chi connectivity index (χ2n) is 8.48. The lowest BCUT2D eigenvalue weighted by Gasteiger charge is -2.37. The van der Waals surface area contributed by atoms with E-state index in [1.807, 2.05) is 67.6 Å². The van der Waals surface area contributed by atoms with Gasteiger partial charge in [-0.1, -0.05) is 78.9 Å². The van der Waals surface area contributed by atoms with Gasteiger partial charge in [-0.15, -0.1) is 0 Å². The molecular weight excluding hydrogens is 441 g/mol. The van der Waals surface area contributed by atoms with Crippen LogP contribution in [0.25, 0.3) is 0 Å². The first-order valence-corrected chi connectivity index (χ1v) is 11.8. The number of carbonyl (C=O) groups is 1. The molecule has 1 aliphatic carbocycles. The minimum Gasteiger partial charge on any atom is -0.489 e. The van der Waals surface area contributed by atoms with Gasteiger partial charge in [0.1, 0.15) is 12.4 Å². The summed E-state index contributed by atoms with van der Waals surface area (Å²) in [5.74, 6) is 0.791. The van der Waals surface area contributed by atoms with Gasteiger partial charge in [-0.05, 0) is 66.8 Å². The van der Waals surface area contributed by atoms with Gasteiger partial charge in [0.05, 0.1) is 5.41 Å². The van der Waals surface area contributed by atoms with Crippen LogP contribution in [0.1, 0.15) is 48.8 Å². The zero-order valence-electron chi connectivity index (χ0n) is 18.2. The Kier molecular flexibility index (Phi) is 7.07. The van der Waals surface area contributed by atoms with Gasteiger partial charge >= 0.3 is 0 Å². The molecule has 1 aliphatic rings. The summed E-state index contributed by atoms with van der Waals surface area (Å²) in [5.41, 5.74) is 3.07. The normalized spacial score (nSPS) is 15.2. The van der Waals surface area contributed by atoms with Crippen molar-refractivity contribution in [3.8, 4) is 5.75 Å². The zero-order chi connectivity index (χ0) is 22.6. The van der Waals surface area contributed by atoms with E-state index in [4.69, 9.17) is 27.9 Å². The Morgan fingerprint density at radius 1 is 0.969 bits per heavy atom. The summed E-state index contributed by atoms with van der Waals surface area (Å²) in [6.07, 6.45) is 4.68. The summed E-state index contributed by atoms with van der Waals surface area (Å²) in [6.45, 7) is 2.49. The fraction of sp³-hybridized carbons (Fsp3) is 0.296. The van der Waals surface area contributed by atoms with Crippen LogP contribution in [0.2, 0.25) is 10.0 Å². The molecule has 32 heavy (non-hydrogen) atoms. The quantitative estimate of drug-likeness (QED) is 0.402. The molecule has 1 saturated carbocycles. The third-order valence-electron chi connectivity index (χ3n) is 6.26. The van der Waals surface area contributed by atoms with Gasteiger partial charge in [0, 0.05) is 15.7 Å². The van der Waals surface area contributed by atoms with Crippen LogP contribution in [0.5, 0.6) is 5.75 Å². The molecule has 0 aromatic heterocycles. The Morgan fingerprint density at radius 3 is 2.41 bits per heavy atom. The van der Waals surface area contributed by atoms with E-state index in [0.717, 1.165) is 60.2 Å². The van der Waals surface area contributed by atoms with Crippen LogP contribution in [-0.2, 0) is 16.8 Å². The molecule has 3 nitrogen and oxygen atoms in total. The van der Waals surface area contributed by atoms with Gasteiger partial charge in [0.25, 0.3) is 0 Å². The van der Waals surface area contributed by atoms with Gasteiger partial charge in [-0.2, -0.15) is 0 Å². The first-order chi connectivity index (χ1) is 15.5. The van der Waals surface area contributed by atoms with Gasteiger partial charge in [0.15, 0.2) is 0 Å². The smallest absolute Gasteiger partial charge is 0.235 e. The zero-order valence-corrected chi connectivity index (χ0v) is 19.7. The van der Waals surface area contributed by atoms with E-state index >= 15 is 0 Å². The molecule has 1 N–H and O–H groups in total. The number of nitrogens with one attached hydrogen (secondary N) is 1.